The molecule has 1 saturated heterocycles. The van der Waals surface area contributed by atoms with E-state index in [0.717, 1.165) is 5.56 Å². The van der Waals surface area contributed by atoms with Gasteiger partial charge in [0.2, 0.25) is 5.91 Å². The molecule has 2 amide bonds. The maximum Gasteiger partial charge on any atom is 0.276 e. The molecule has 160 valence electrons. The van der Waals surface area contributed by atoms with Crippen LogP contribution < -0.4 is 5.32 Å². The number of nitrogens with zero attached hydrogens (tertiary/aromatic N) is 4. The highest BCUT2D eigenvalue weighted by Gasteiger charge is 2.34. The van der Waals surface area contributed by atoms with Crippen molar-refractivity contribution in [1.29, 1.82) is 0 Å². The van der Waals surface area contributed by atoms with Crippen LogP contribution in [0.4, 0.5) is 4.39 Å². The minimum Gasteiger partial charge on any atom is -0.354 e. The average molecular weight is 423 g/mol. The Kier molecular flexibility index (Phi) is 5.66. The van der Waals surface area contributed by atoms with Crippen molar-refractivity contribution >= 4 is 11.8 Å². The Bertz CT molecular complexity index is 1100. The molecule has 9 heteroatoms. The molecule has 0 unspecified atom stereocenters. The van der Waals surface area contributed by atoms with Crippen LogP contribution in [-0.2, 0) is 11.8 Å². The lowest BCUT2D eigenvalue weighted by atomic mass is 9.85. The molecule has 0 bridgehead atoms. The summed E-state index contributed by atoms with van der Waals surface area (Å²) in [5.74, 6) is -0.596. The van der Waals surface area contributed by atoms with Gasteiger partial charge < -0.3 is 14.7 Å². The monoisotopic (exact) mass is 423 g/mol. The zero-order valence-electron chi connectivity index (χ0n) is 17.0. The van der Waals surface area contributed by atoms with Gasteiger partial charge in [0.15, 0.2) is 11.5 Å². The van der Waals surface area contributed by atoms with Crippen molar-refractivity contribution in [2.75, 3.05) is 13.1 Å². The average Bonchev–Trinajstić information content (AvgIpc) is 3.43. The van der Waals surface area contributed by atoms with Gasteiger partial charge in [0.05, 0.1) is 6.04 Å². The Morgan fingerprint density at radius 3 is 2.74 bits per heavy atom. The number of rotatable bonds is 5. The van der Waals surface area contributed by atoms with Crippen molar-refractivity contribution in [3.63, 3.8) is 0 Å². The quantitative estimate of drug-likeness (QED) is 0.637. The molecule has 1 aromatic carbocycles. The van der Waals surface area contributed by atoms with Gasteiger partial charge in [-0.1, -0.05) is 23.9 Å². The molecular formula is C22H22FN5O3. The van der Waals surface area contributed by atoms with Gasteiger partial charge in [-0.25, -0.2) is 4.39 Å². The van der Waals surface area contributed by atoms with Crippen LogP contribution in [0.5, 0.6) is 0 Å². The smallest absolute Gasteiger partial charge is 0.276 e. The molecule has 1 aliphatic rings. The third-order valence-electron chi connectivity index (χ3n) is 5.41. The minimum atomic E-state index is -0.351. The molecule has 3 aromatic rings. The Balaban J connectivity index is 1.52. The predicted molar refractivity (Wildman–Crippen MR) is 110 cm³/mol. The number of piperidine rings is 1. The molecule has 1 fully saturated rings. The predicted octanol–water partition coefficient (Wildman–Crippen LogP) is 2.51. The molecule has 0 aliphatic carbocycles. The molecule has 0 radical (unpaired) electrons. The van der Waals surface area contributed by atoms with E-state index in [1.165, 1.54) is 18.2 Å². The van der Waals surface area contributed by atoms with E-state index in [1.807, 2.05) is 0 Å². The zero-order chi connectivity index (χ0) is 22.0. The molecule has 1 aliphatic heterocycles. The van der Waals surface area contributed by atoms with Crippen molar-refractivity contribution in [2.24, 2.45) is 7.05 Å². The number of amides is 2. The third-order valence-corrected chi connectivity index (χ3v) is 5.41. The first-order chi connectivity index (χ1) is 14.9. The minimum absolute atomic E-state index is 0.0602. The Morgan fingerprint density at radius 2 is 2.06 bits per heavy atom. The summed E-state index contributed by atoms with van der Waals surface area (Å²) in [5, 5.41) is 11.1. The van der Waals surface area contributed by atoms with Crippen LogP contribution in [-0.4, -0.2) is 50.8 Å². The fraction of sp³-hybridized carbons (Fsp3) is 0.273. The van der Waals surface area contributed by atoms with Crippen molar-refractivity contribution in [2.45, 2.75) is 18.4 Å². The number of benzene rings is 1. The topological polar surface area (TPSA) is 93.3 Å². The van der Waals surface area contributed by atoms with E-state index in [9.17, 15) is 14.0 Å². The Hall–Kier alpha value is -3.75. The Morgan fingerprint density at radius 1 is 1.29 bits per heavy atom. The first-order valence-corrected chi connectivity index (χ1v) is 9.89. The number of aromatic nitrogens is 3. The van der Waals surface area contributed by atoms with Crippen LogP contribution in [0.15, 0.2) is 59.8 Å². The molecule has 31 heavy (non-hydrogen) atoms. The fourth-order valence-corrected chi connectivity index (χ4v) is 3.84. The number of hydrogen-bond acceptors (Lipinski definition) is 5. The van der Waals surface area contributed by atoms with Gasteiger partial charge in [-0.2, -0.15) is 5.10 Å². The number of aryl methyl sites for hydroxylation is 1. The molecular weight excluding hydrogens is 401 g/mol. The van der Waals surface area contributed by atoms with Crippen LogP contribution in [0.25, 0.3) is 11.5 Å². The van der Waals surface area contributed by atoms with E-state index in [4.69, 9.17) is 4.52 Å². The van der Waals surface area contributed by atoms with Crippen molar-refractivity contribution < 1.29 is 18.5 Å². The van der Waals surface area contributed by atoms with Gasteiger partial charge in [0.25, 0.3) is 5.91 Å². The van der Waals surface area contributed by atoms with Gasteiger partial charge in [0.1, 0.15) is 11.5 Å². The van der Waals surface area contributed by atoms with Crippen LogP contribution in [0.1, 0.15) is 28.4 Å². The molecule has 3 heterocycles. The van der Waals surface area contributed by atoms with E-state index in [0.29, 0.717) is 24.4 Å². The maximum absolute atomic E-state index is 13.3. The molecule has 2 aromatic heterocycles. The Labute approximate surface area is 178 Å². The van der Waals surface area contributed by atoms with E-state index >= 15 is 0 Å². The van der Waals surface area contributed by atoms with Crippen LogP contribution >= 0.6 is 0 Å². The first-order valence-electron chi connectivity index (χ1n) is 9.89. The summed E-state index contributed by atoms with van der Waals surface area (Å²) in [4.78, 5) is 26.7. The highest BCUT2D eigenvalue weighted by Crippen LogP contribution is 2.30. The molecule has 0 saturated carbocycles. The summed E-state index contributed by atoms with van der Waals surface area (Å²) in [6.07, 6.45) is 3.57. The number of nitrogens with one attached hydrogen (secondary N) is 1. The number of halogens is 1. The van der Waals surface area contributed by atoms with Crippen LogP contribution in [0, 0.1) is 5.82 Å². The summed E-state index contributed by atoms with van der Waals surface area (Å²) in [7, 11) is 1.79. The second-order valence-corrected chi connectivity index (χ2v) is 7.47. The third kappa shape index (κ3) is 4.40. The van der Waals surface area contributed by atoms with Gasteiger partial charge in [-0.3, -0.25) is 14.3 Å². The summed E-state index contributed by atoms with van der Waals surface area (Å²) < 4.78 is 20.3. The van der Waals surface area contributed by atoms with E-state index in [1.54, 1.807) is 47.1 Å². The lowest BCUT2D eigenvalue weighted by molar-refractivity contribution is -0.117. The number of hydrogen-bond donors (Lipinski definition) is 1. The highest BCUT2D eigenvalue weighted by molar-refractivity contribution is 5.93. The van der Waals surface area contributed by atoms with E-state index < -0.39 is 0 Å². The van der Waals surface area contributed by atoms with Gasteiger partial charge in [-0.15, -0.1) is 0 Å². The van der Waals surface area contributed by atoms with Crippen molar-refractivity contribution in [3.8, 4) is 11.5 Å². The second-order valence-electron chi connectivity index (χ2n) is 7.47. The summed E-state index contributed by atoms with van der Waals surface area (Å²) in [5.41, 5.74) is 1.66. The second kappa shape index (κ2) is 8.55. The summed E-state index contributed by atoms with van der Waals surface area (Å²) >= 11 is 0. The molecule has 0 spiro atoms. The molecule has 1 N–H and O–H groups in total. The van der Waals surface area contributed by atoms with Gasteiger partial charge >= 0.3 is 0 Å². The lowest BCUT2D eigenvalue weighted by Crippen LogP contribution is -2.53. The number of likely N-dealkylation sites (tertiary alicyclic amines) is 1. The molecule has 4 rings (SSSR count). The van der Waals surface area contributed by atoms with E-state index in [-0.39, 0.29) is 41.8 Å². The molecule has 2 atom stereocenters. The standard InChI is InChI=1S/C22H22FN5O3/c1-3-21(29)24-19-13-28(11-8-16(19)14-4-6-15(23)7-5-14)22(30)18-12-20(31-26-18)17-9-10-27(2)25-17/h3-7,9-10,12,16,19H,1,8,11,13H2,2H3,(H,24,29)/t16-,19+/m1/s1. The highest BCUT2D eigenvalue weighted by atomic mass is 19.1. The zero-order valence-corrected chi connectivity index (χ0v) is 17.0. The van der Waals surface area contributed by atoms with Crippen molar-refractivity contribution in [1.82, 2.24) is 25.2 Å². The summed E-state index contributed by atoms with van der Waals surface area (Å²) in [6, 6.07) is 9.19. The first kappa shape index (κ1) is 20.5. The summed E-state index contributed by atoms with van der Waals surface area (Å²) in [6.45, 7) is 4.25. The van der Waals surface area contributed by atoms with Crippen molar-refractivity contribution in [3.05, 3.63) is 72.3 Å². The number of carbonyl (C=O) groups excluding carboxylic acids is 2. The largest absolute Gasteiger partial charge is 0.354 e. The van der Waals surface area contributed by atoms with Gasteiger partial charge in [0, 0.05) is 38.3 Å². The lowest BCUT2D eigenvalue weighted by Gasteiger charge is -2.38. The molecule has 8 nitrogen and oxygen atoms in total. The van der Waals surface area contributed by atoms with Gasteiger partial charge in [-0.05, 0) is 36.3 Å². The fourth-order valence-electron chi connectivity index (χ4n) is 3.84. The van der Waals surface area contributed by atoms with Crippen LogP contribution in [0.3, 0.4) is 0 Å². The number of carbonyl (C=O) groups is 2. The SMILES string of the molecule is C=CC(=O)N[C@H]1CN(C(=O)c2cc(-c3ccn(C)n3)on2)CC[C@@H]1c1ccc(F)cc1. The maximum atomic E-state index is 13.3. The normalized spacial score (nSPS) is 18.6. The van der Waals surface area contributed by atoms with Crippen LogP contribution in [0.2, 0.25) is 0 Å². The van der Waals surface area contributed by atoms with E-state index in [2.05, 4.69) is 22.2 Å².